The summed E-state index contributed by atoms with van der Waals surface area (Å²) >= 11 is 0. The van der Waals surface area contributed by atoms with Gasteiger partial charge in [-0.1, -0.05) is 60.7 Å². The zero-order valence-electron chi connectivity index (χ0n) is 28.5. The van der Waals surface area contributed by atoms with Gasteiger partial charge in [0.2, 0.25) is 11.8 Å². The highest BCUT2D eigenvalue weighted by Crippen LogP contribution is 2.37. The van der Waals surface area contributed by atoms with E-state index in [0.717, 1.165) is 51.8 Å². The highest BCUT2D eigenvalue weighted by molar-refractivity contribution is 5.96. The Morgan fingerprint density at radius 2 is 1.53 bits per heavy atom. The van der Waals surface area contributed by atoms with Gasteiger partial charge < -0.3 is 24.3 Å². The highest BCUT2D eigenvalue weighted by Gasteiger charge is 2.43. The van der Waals surface area contributed by atoms with Crippen molar-refractivity contribution in [1.29, 1.82) is 0 Å². The molecule has 3 aromatic carbocycles. The lowest BCUT2D eigenvalue weighted by atomic mass is 9.90. The Morgan fingerprint density at radius 3 is 2.18 bits per heavy atom. The van der Waals surface area contributed by atoms with Crippen LogP contribution in [0.25, 0.3) is 22.2 Å². The van der Waals surface area contributed by atoms with Crippen LogP contribution in [0.4, 0.5) is 10.5 Å². The predicted molar refractivity (Wildman–Crippen MR) is 189 cm³/mol. The molecule has 0 spiro atoms. The molecule has 0 saturated carbocycles. The zero-order chi connectivity index (χ0) is 34.0. The molecule has 0 aliphatic carbocycles. The molecule has 2 aliphatic rings. The van der Waals surface area contributed by atoms with Crippen molar-refractivity contribution in [3.05, 3.63) is 102 Å². The number of carbonyl (C=O) groups is 1. The smallest absolute Gasteiger partial charge is 0.410 e. The van der Waals surface area contributed by atoms with E-state index >= 15 is 0 Å². The molecule has 7 rings (SSSR count). The van der Waals surface area contributed by atoms with Crippen molar-refractivity contribution in [3.8, 4) is 23.0 Å². The van der Waals surface area contributed by atoms with Gasteiger partial charge in [0.1, 0.15) is 24.5 Å². The number of amides is 1. The maximum atomic E-state index is 13.0. The fourth-order valence-corrected chi connectivity index (χ4v) is 6.68. The third kappa shape index (κ3) is 7.49. The van der Waals surface area contributed by atoms with Crippen LogP contribution in [0.1, 0.15) is 44.7 Å². The van der Waals surface area contributed by atoms with Crippen molar-refractivity contribution in [2.75, 3.05) is 18.5 Å². The van der Waals surface area contributed by atoms with Gasteiger partial charge in [-0.15, -0.1) is 0 Å². The minimum absolute atomic E-state index is 0.0339. The summed E-state index contributed by atoms with van der Waals surface area (Å²) in [5, 5.41) is 9.68. The lowest BCUT2D eigenvalue weighted by molar-refractivity contribution is -0.0803. The molecule has 3 atom stereocenters. The molecule has 1 N–H and O–H groups in total. The molecule has 2 bridgehead atoms. The highest BCUT2D eigenvalue weighted by atomic mass is 16.6. The first kappa shape index (κ1) is 32.5. The maximum Gasteiger partial charge on any atom is 0.410 e. The van der Waals surface area contributed by atoms with E-state index in [9.17, 15) is 4.79 Å². The number of nitrogens with zero attached hydrogens (tertiary/aromatic N) is 4. The largest absolute Gasteiger partial charge is 0.473 e. The first-order valence-corrected chi connectivity index (χ1v) is 16.9. The van der Waals surface area contributed by atoms with E-state index in [4.69, 9.17) is 29.0 Å². The number of morpholine rings is 1. The molecule has 0 radical (unpaired) electrons. The standard InChI is InChI=1S/C39H43N5O5/c1-39(2,3)49-38(45)44-30-19-29(20-31(44)25-46-24-30)40-28-15-16-32-34(21-28)43(4)42-36(32)33-17-18-35(47-22-26-11-7-5-8-12-26)41-37(33)48-23-27-13-9-6-10-14-27/h5-18,21,29-31,40H,19-20,22-25H2,1-4H3/t29?,30-,31+. The lowest BCUT2D eigenvalue weighted by Gasteiger charge is -2.48. The van der Waals surface area contributed by atoms with E-state index in [1.54, 1.807) is 0 Å². The molecule has 5 aromatic rings. The number of benzene rings is 3. The van der Waals surface area contributed by atoms with Gasteiger partial charge >= 0.3 is 6.09 Å². The number of aromatic nitrogens is 3. The first-order chi connectivity index (χ1) is 23.7. The minimum Gasteiger partial charge on any atom is -0.473 e. The first-order valence-electron chi connectivity index (χ1n) is 16.9. The molecule has 1 amide bonds. The SMILES string of the molecule is Cn1nc(-c2ccc(OCc3ccccc3)nc2OCc2ccccc2)c2ccc(NC3C[C@H]4COC[C@@H](C3)N4C(=O)OC(C)(C)C)cc21. The molecule has 1 unspecified atom stereocenters. The summed E-state index contributed by atoms with van der Waals surface area (Å²) in [6.07, 6.45) is 1.29. The van der Waals surface area contributed by atoms with Crippen LogP contribution >= 0.6 is 0 Å². The third-order valence-corrected chi connectivity index (χ3v) is 8.88. The quantitative estimate of drug-likeness (QED) is 0.175. The average molecular weight is 662 g/mol. The van der Waals surface area contributed by atoms with Crippen molar-refractivity contribution < 1.29 is 23.7 Å². The van der Waals surface area contributed by atoms with Gasteiger partial charge in [-0.25, -0.2) is 4.79 Å². The third-order valence-electron chi connectivity index (χ3n) is 8.88. The second-order valence-corrected chi connectivity index (χ2v) is 13.8. The van der Waals surface area contributed by atoms with E-state index in [0.29, 0.717) is 38.2 Å². The molecule has 49 heavy (non-hydrogen) atoms. The van der Waals surface area contributed by atoms with Crippen LogP contribution in [-0.4, -0.2) is 62.7 Å². The minimum atomic E-state index is -0.540. The van der Waals surface area contributed by atoms with E-state index in [2.05, 4.69) is 23.5 Å². The van der Waals surface area contributed by atoms with Gasteiger partial charge in [0.15, 0.2) is 0 Å². The van der Waals surface area contributed by atoms with E-state index in [1.165, 1.54) is 0 Å². The van der Waals surface area contributed by atoms with Crippen molar-refractivity contribution in [3.63, 3.8) is 0 Å². The van der Waals surface area contributed by atoms with Crippen molar-refractivity contribution in [1.82, 2.24) is 19.7 Å². The summed E-state index contributed by atoms with van der Waals surface area (Å²) in [5.41, 5.74) is 5.11. The Balaban J connectivity index is 1.12. The number of anilines is 1. The van der Waals surface area contributed by atoms with Gasteiger partial charge in [0.25, 0.3) is 0 Å². The topological polar surface area (TPSA) is 100.0 Å². The number of carbonyl (C=O) groups excluding carboxylic acids is 1. The number of aryl methyl sites for hydroxylation is 1. The van der Waals surface area contributed by atoms with Crippen LogP contribution in [0, 0.1) is 0 Å². The molecular weight excluding hydrogens is 618 g/mol. The number of fused-ring (bicyclic) bond motifs is 3. The Hall–Kier alpha value is -5.09. The molecule has 4 heterocycles. The van der Waals surface area contributed by atoms with Gasteiger partial charge in [-0.05, 0) is 69.0 Å². The molecule has 2 fully saturated rings. The van der Waals surface area contributed by atoms with Crippen LogP contribution < -0.4 is 14.8 Å². The number of pyridine rings is 1. The van der Waals surface area contributed by atoms with Crippen molar-refractivity contribution >= 4 is 22.7 Å². The Kier molecular flexibility index (Phi) is 9.14. The van der Waals surface area contributed by atoms with E-state index < -0.39 is 5.60 Å². The number of rotatable bonds is 9. The van der Waals surface area contributed by atoms with Crippen LogP contribution in [-0.2, 0) is 29.7 Å². The predicted octanol–water partition coefficient (Wildman–Crippen LogP) is 7.37. The van der Waals surface area contributed by atoms with Gasteiger partial charge in [-0.2, -0.15) is 10.1 Å². The van der Waals surface area contributed by atoms with Crippen LogP contribution in [0.2, 0.25) is 0 Å². The van der Waals surface area contributed by atoms with Gasteiger partial charge in [0.05, 0.1) is 36.4 Å². The number of ether oxygens (including phenoxy) is 4. The fourth-order valence-electron chi connectivity index (χ4n) is 6.68. The Bertz CT molecular complexity index is 1890. The maximum absolute atomic E-state index is 13.0. The second-order valence-electron chi connectivity index (χ2n) is 13.8. The lowest BCUT2D eigenvalue weighted by Crippen LogP contribution is -2.61. The van der Waals surface area contributed by atoms with Crippen molar-refractivity contribution in [2.24, 2.45) is 7.05 Å². The average Bonchev–Trinajstić information content (AvgIpc) is 3.41. The van der Waals surface area contributed by atoms with E-state index in [-0.39, 0.29) is 24.2 Å². The molecule has 2 saturated heterocycles. The Labute approximate surface area is 286 Å². The molecule has 2 aliphatic heterocycles. The zero-order valence-corrected chi connectivity index (χ0v) is 28.5. The second kappa shape index (κ2) is 13.8. The van der Waals surface area contributed by atoms with Gasteiger partial charge in [0, 0.05) is 30.2 Å². The number of hydrogen-bond donors (Lipinski definition) is 1. The number of hydrogen-bond acceptors (Lipinski definition) is 8. The van der Waals surface area contributed by atoms with Gasteiger partial charge in [-0.3, -0.25) is 9.58 Å². The summed E-state index contributed by atoms with van der Waals surface area (Å²) in [7, 11) is 1.95. The van der Waals surface area contributed by atoms with Crippen LogP contribution in [0.3, 0.4) is 0 Å². The summed E-state index contributed by atoms with van der Waals surface area (Å²) < 4.78 is 25.9. The molecule has 10 heteroatoms. The van der Waals surface area contributed by atoms with Crippen LogP contribution in [0.5, 0.6) is 11.8 Å². The number of nitrogens with one attached hydrogen (secondary N) is 1. The summed E-state index contributed by atoms with van der Waals surface area (Å²) in [6, 6.07) is 30.3. The molecule has 10 nitrogen and oxygen atoms in total. The number of piperidine rings is 1. The fraction of sp³-hybridized carbons (Fsp3) is 0.359. The summed E-state index contributed by atoms with van der Waals surface area (Å²) in [5.74, 6) is 0.942. The normalized spacial score (nSPS) is 19.0. The molecule has 254 valence electrons. The summed E-state index contributed by atoms with van der Waals surface area (Å²) in [6.45, 7) is 7.49. The Morgan fingerprint density at radius 1 is 0.878 bits per heavy atom. The molecular formula is C39H43N5O5. The van der Waals surface area contributed by atoms with Crippen molar-refractivity contribution in [2.45, 2.75) is 70.6 Å². The molecule has 2 aromatic heterocycles. The monoisotopic (exact) mass is 661 g/mol. The summed E-state index contributed by atoms with van der Waals surface area (Å²) in [4.78, 5) is 19.7. The van der Waals surface area contributed by atoms with Crippen LogP contribution in [0.15, 0.2) is 91.0 Å². The van der Waals surface area contributed by atoms with E-state index in [1.807, 2.05) is 110 Å².